The van der Waals surface area contributed by atoms with E-state index in [0.717, 1.165) is 44.6 Å². The number of anilines is 2. The van der Waals surface area contributed by atoms with Gasteiger partial charge in [-0.3, -0.25) is 19.5 Å². The van der Waals surface area contributed by atoms with Crippen LogP contribution in [0, 0.1) is 11.2 Å². The monoisotopic (exact) mass is 732 g/mol. The van der Waals surface area contributed by atoms with Crippen LogP contribution in [0.1, 0.15) is 37.3 Å². The second-order valence-corrected chi connectivity index (χ2v) is 14.3. The first-order valence-electron chi connectivity index (χ1n) is 17.0. The molecule has 266 valence electrons. The number of ether oxygens (including phenoxy) is 1. The number of methoxy groups -OCH3 is 1. The summed E-state index contributed by atoms with van der Waals surface area (Å²) in [4.78, 5) is 41.0. The highest BCUT2D eigenvalue weighted by atomic mass is 35.5. The zero-order valence-corrected chi connectivity index (χ0v) is 30.0. The van der Waals surface area contributed by atoms with E-state index in [1.165, 1.54) is 0 Å². The van der Waals surface area contributed by atoms with Crippen LogP contribution in [0.2, 0.25) is 10.0 Å². The molecule has 3 fully saturated rings. The van der Waals surface area contributed by atoms with Crippen LogP contribution in [0.5, 0.6) is 5.88 Å². The van der Waals surface area contributed by atoms with Gasteiger partial charge in [0, 0.05) is 105 Å². The Kier molecular flexibility index (Phi) is 10.1. The van der Waals surface area contributed by atoms with Crippen LogP contribution in [0.4, 0.5) is 15.9 Å². The third-order valence-corrected chi connectivity index (χ3v) is 10.8. The van der Waals surface area contributed by atoms with Crippen molar-refractivity contribution in [2.45, 2.75) is 45.3 Å². The minimum absolute atomic E-state index is 0.0667. The molecule has 0 saturated carbocycles. The number of aromatic nitrogens is 3. The quantitative estimate of drug-likeness (QED) is 0.175. The summed E-state index contributed by atoms with van der Waals surface area (Å²) in [5.41, 5.74) is 4.19. The topological polar surface area (TPSA) is 125 Å². The largest absolute Gasteiger partial charge is 0.481 e. The van der Waals surface area contributed by atoms with Crippen LogP contribution in [0.25, 0.3) is 22.5 Å². The lowest BCUT2D eigenvalue weighted by molar-refractivity contribution is -0.129. The Bertz CT molecular complexity index is 1970. The fourth-order valence-corrected chi connectivity index (χ4v) is 7.89. The average molecular weight is 734 g/mol. The molecule has 51 heavy (non-hydrogen) atoms. The lowest BCUT2D eigenvalue weighted by Gasteiger charge is -2.48. The molecule has 3 aliphatic heterocycles. The predicted molar refractivity (Wildman–Crippen MR) is 194 cm³/mol. The van der Waals surface area contributed by atoms with Crippen LogP contribution >= 0.6 is 23.2 Å². The summed E-state index contributed by atoms with van der Waals surface area (Å²) in [6.07, 6.45) is 5.57. The molecule has 4 aromatic rings. The maximum atomic E-state index is 15.8. The van der Waals surface area contributed by atoms with E-state index in [2.05, 4.69) is 30.8 Å². The Hall–Kier alpha value is -4.36. The van der Waals surface area contributed by atoms with E-state index in [4.69, 9.17) is 32.9 Å². The molecule has 3 aliphatic rings. The maximum absolute atomic E-state index is 15.8. The van der Waals surface area contributed by atoms with Crippen molar-refractivity contribution < 1.29 is 18.7 Å². The first-order chi connectivity index (χ1) is 24.6. The Morgan fingerprint density at radius 3 is 2.63 bits per heavy atom. The second-order valence-electron chi connectivity index (χ2n) is 13.6. The zero-order valence-electron chi connectivity index (χ0n) is 28.4. The van der Waals surface area contributed by atoms with Crippen LogP contribution in [0.15, 0.2) is 54.9 Å². The number of rotatable bonds is 11. The number of amides is 2. The van der Waals surface area contributed by atoms with Crippen LogP contribution in [0.3, 0.4) is 0 Å². The Labute approximate surface area is 305 Å². The van der Waals surface area contributed by atoms with E-state index in [9.17, 15) is 9.59 Å². The van der Waals surface area contributed by atoms with E-state index < -0.39 is 5.82 Å². The number of benzene rings is 1. The van der Waals surface area contributed by atoms with Gasteiger partial charge in [0.2, 0.25) is 17.7 Å². The second kappa shape index (κ2) is 14.7. The lowest BCUT2D eigenvalue weighted by Crippen LogP contribution is -2.57. The van der Waals surface area contributed by atoms with Crippen molar-refractivity contribution >= 4 is 46.5 Å². The van der Waals surface area contributed by atoms with Gasteiger partial charge in [0.25, 0.3) is 0 Å². The van der Waals surface area contributed by atoms with Gasteiger partial charge in [0.05, 0.1) is 34.2 Å². The van der Waals surface area contributed by atoms with Gasteiger partial charge in [0.15, 0.2) is 11.6 Å². The molecule has 1 aromatic carbocycles. The van der Waals surface area contributed by atoms with Crippen molar-refractivity contribution in [1.29, 1.82) is 0 Å². The maximum Gasteiger partial charge on any atom is 0.220 e. The molecule has 0 unspecified atom stereocenters. The molecule has 0 aliphatic carbocycles. The van der Waals surface area contributed by atoms with Crippen LogP contribution in [-0.2, 0) is 22.7 Å². The number of nitrogens with one attached hydrogen (secondary N) is 3. The average Bonchev–Trinajstić information content (AvgIpc) is 3.74. The minimum atomic E-state index is -0.446. The number of carbonyl (C=O) groups excluding carboxylic acids is 2. The van der Waals surface area contributed by atoms with Gasteiger partial charge in [-0.15, -0.1) is 0 Å². The highest BCUT2D eigenvalue weighted by Gasteiger charge is 2.48. The third-order valence-electron chi connectivity index (χ3n) is 9.96. The number of carbonyl (C=O) groups is 2. The molecule has 11 nitrogen and oxygen atoms in total. The van der Waals surface area contributed by atoms with E-state index in [0.29, 0.717) is 75.7 Å². The molecule has 14 heteroatoms. The molecule has 0 radical (unpaired) electrons. The van der Waals surface area contributed by atoms with Crippen LogP contribution in [-0.4, -0.2) is 82.4 Å². The molecule has 6 heterocycles. The Morgan fingerprint density at radius 2 is 1.88 bits per heavy atom. The summed E-state index contributed by atoms with van der Waals surface area (Å²) in [5, 5.41) is 10.1. The van der Waals surface area contributed by atoms with Crippen molar-refractivity contribution in [2.24, 2.45) is 5.41 Å². The predicted octanol–water partition coefficient (Wildman–Crippen LogP) is 5.83. The van der Waals surface area contributed by atoms with Gasteiger partial charge in [-0.05, 0) is 37.1 Å². The van der Waals surface area contributed by atoms with Crippen LogP contribution < -0.4 is 20.7 Å². The number of likely N-dealkylation sites (tertiary alicyclic amines) is 2. The molecule has 3 N–H and O–H groups in total. The van der Waals surface area contributed by atoms with Crippen molar-refractivity contribution in [3.05, 3.63) is 81.8 Å². The molecule has 2 amide bonds. The summed E-state index contributed by atoms with van der Waals surface area (Å²) in [5.74, 6) is 0.268. The standard InChI is InChI=1S/C37H39Cl2FN8O3/c1-22(49)48-15-12-37(21-48)19-47(20-37)18-24-10-13-43-35(33(24)40)45-29-5-3-4-27(31(29)38)34-32(39)26(11-14-42-34)28-8-6-23(36(46-28)51-2)16-41-17-25-7-9-30(50)44-25/h3-6,8,10-11,13-14,25,41H,7,9,12,15-21H2,1-2H3,(H,43,45)(H,44,50)/t25-/m1/s1. The van der Waals surface area contributed by atoms with Crippen molar-refractivity contribution in [2.75, 3.05) is 45.2 Å². The summed E-state index contributed by atoms with van der Waals surface area (Å²) < 4.78 is 21.4. The fourth-order valence-electron chi connectivity index (χ4n) is 7.32. The highest BCUT2D eigenvalue weighted by molar-refractivity contribution is 6.39. The van der Waals surface area contributed by atoms with Gasteiger partial charge in [-0.2, -0.15) is 0 Å². The number of nitrogens with zero attached hydrogens (tertiary/aromatic N) is 5. The first kappa shape index (κ1) is 35.1. The molecular formula is C37H39Cl2FN8O3. The normalized spacial score (nSPS) is 18.2. The van der Waals surface area contributed by atoms with E-state index in [-0.39, 0.29) is 29.1 Å². The summed E-state index contributed by atoms with van der Waals surface area (Å²) in [6.45, 7) is 6.43. The van der Waals surface area contributed by atoms with E-state index in [1.54, 1.807) is 56.8 Å². The lowest BCUT2D eigenvalue weighted by atomic mass is 9.79. The number of hydrogen-bond donors (Lipinski definition) is 3. The van der Waals surface area contributed by atoms with Gasteiger partial charge in [-0.25, -0.2) is 14.4 Å². The molecule has 1 atom stereocenters. The van der Waals surface area contributed by atoms with Gasteiger partial charge in [0.1, 0.15) is 0 Å². The number of hydrogen-bond acceptors (Lipinski definition) is 9. The molecule has 0 bridgehead atoms. The molecule has 1 spiro atoms. The minimum Gasteiger partial charge on any atom is -0.481 e. The van der Waals surface area contributed by atoms with Gasteiger partial charge < -0.3 is 25.6 Å². The molecule has 3 aromatic heterocycles. The first-order valence-corrected chi connectivity index (χ1v) is 17.7. The van der Waals surface area contributed by atoms with Crippen molar-refractivity contribution in [1.82, 2.24) is 35.4 Å². The zero-order chi connectivity index (χ0) is 35.7. The van der Waals surface area contributed by atoms with E-state index >= 15 is 4.39 Å². The SMILES string of the molecule is COc1nc(-c2ccnc(-c3cccc(Nc4nccc(CN5CC6(CCN(C(C)=O)C6)C5)c4F)c3Cl)c2Cl)ccc1CNC[C@H]1CCC(=O)N1. The van der Waals surface area contributed by atoms with E-state index in [1.807, 2.05) is 17.0 Å². The summed E-state index contributed by atoms with van der Waals surface area (Å²) >= 11 is 13.9. The van der Waals surface area contributed by atoms with Crippen molar-refractivity contribution in [3.63, 3.8) is 0 Å². The van der Waals surface area contributed by atoms with Gasteiger partial charge in [-0.1, -0.05) is 41.4 Å². The molecule has 3 saturated heterocycles. The fraction of sp³-hybridized carbons (Fsp3) is 0.378. The van der Waals surface area contributed by atoms with Gasteiger partial charge >= 0.3 is 0 Å². The molecule has 7 rings (SSSR count). The Balaban J connectivity index is 1.05. The Morgan fingerprint density at radius 1 is 1.06 bits per heavy atom. The highest BCUT2D eigenvalue weighted by Crippen LogP contribution is 2.42. The van der Waals surface area contributed by atoms with Crippen molar-refractivity contribution in [3.8, 4) is 28.4 Å². The number of pyridine rings is 3. The summed E-state index contributed by atoms with van der Waals surface area (Å²) in [7, 11) is 1.57. The number of halogens is 3. The summed E-state index contributed by atoms with van der Waals surface area (Å²) in [6, 6.07) is 12.7. The smallest absolute Gasteiger partial charge is 0.220 e. The molecular weight excluding hydrogens is 694 g/mol. The third kappa shape index (κ3) is 7.36.